The van der Waals surface area contributed by atoms with Gasteiger partial charge in [-0.05, 0) is 24.8 Å². The van der Waals surface area contributed by atoms with Crippen molar-refractivity contribution in [2.75, 3.05) is 6.54 Å². The second-order valence-corrected chi connectivity index (χ2v) is 5.67. The number of nitrogens with zero attached hydrogens (tertiary/aromatic N) is 2. The average molecular weight is 223 g/mol. The monoisotopic (exact) mass is 223 g/mol. The largest absolute Gasteiger partial charge is 0.340 e. The maximum atomic E-state index is 4.44. The zero-order valence-corrected chi connectivity index (χ0v) is 11.2. The summed E-state index contributed by atoms with van der Waals surface area (Å²) in [6, 6.07) is 0.394. The molecule has 1 unspecified atom stereocenters. The Morgan fingerprint density at radius 3 is 2.56 bits per heavy atom. The van der Waals surface area contributed by atoms with Crippen LogP contribution in [0.5, 0.6) is 0 Å². The average Bonchev–Trinajstić information content (AvgIpc) is 2.57. The highest BCUT2D eigenvalue weighted by Crippen LogP contribution is 2.26. The van der Waals surface area contributed by atoms with Crippen LogP contribution in [0.25, 0.3) is 0 Å². The molecule has 1 rings (SSSR count). The fraction of sp³-hybridized carbons (Fsp3) is 0.769. The highest BCUT2D eigenvalue weighted by molar-refractivity contribution is 5.03. The van der Waals surface area contributed by atoms with E-state index in [4.69, 9.17) is 0 Å². The van der Waals surface area contributed by atoms with Crippen LogP contribution in [0, 0.1) is 5.41 Å². The molecule has 0 spiro atoms. The van der Waals surface area contributed by atoms with Gasteiger partial charge < -0.3 is 9.88 Å². The Hall–Kier alpha value is -0.830. The minimum Gasteiger partial charge on any atom is -0.340 e. The summed E-state index contributed by atoms with van der Waals surface area (Å²) in [5, 5.41) is 3.51. The maximum absolute atomic E-state index is 4.44. The Morgan fingerprint density at radius 1 is 1.44 bits per heavy atom. The third kappa shape index (κ3) is 4.35. The number of imidazole rings is 1. The number of rotatable bonds is 5. The first-order valence-electron chi connectivity index (χ1n) is 6.13. The van der Waals surface area contributed by atoms with Crippen molar-refractivity contribution < 1.29 is 0 Å². The molecule has 1 N–H and O–H groups in total. The van der Waals surface area contributed by atoms with Crippen LogP contribution in [-0.4, -0.2) is 16.1 Å². The molecule has 0 aliphatic carbocycles. The molecule has 0 aliphatic heterocycles. The highest BCUT2D eigenvalue weighted by Gasteiger charge is 2.17. The molecule has 1 heterocycles. The Balaban J connectivity index is 2.61. The van der Waals surface area contributed by atoms with Gasteiger partial charge in [-0.3, -0.25) is 0 Å². The standard InChI is InChI=1S/C13H25N3/c1-6-14-11(7-8-13(2,3)4)12-9-16(5)10-15-12/h9-11,14H,6-8H2,1-5H3. The molecule has 92 valence electrons. The van der Waals surface area contributed by atoms with E-state index in [2.05, 4.69) is 44.2 Å². The normalized spacial score (nSPS) is 14.1. The van der Waals surface area contributed by atoms with Crippen molar-refractivity contribution in [1.82, 2.24) is 14.9 Å². The molecule has 0 bridgehead atoms. The lowest BCUT2D eigenvalue weighted by Crippen LogP contribution is -2.23. The summed E-state index contributed by atoms with van der Waals surface area (Å²) in [7, 11) is 2.02. The third-order valence-corrected chi connectivity index (χ3v) is 2.72. The molecule has 3 nitrogen and oxygen atoms in total. The Morgan fingerprint density at radius 2 is 2.12 bits per heavy atom. The molecular formula is C13H25N3. The summed E-state index contributed by atoms with van der Waals surface area (Å²) >= 11 is 0. The van der Waals surface area contributed by atoms with Gasteiger partial charge in [0.05, 0.1) is 18.1 Å². The molecule has 16 heavy (non-hydrogen) atoms. The molecule has 1 aromatic rings. The van der Waals surface area contributed by atoms with Crippen molar-refractivity contribution in [3.05, 3.63) is 18.2 Å². The van der Waals surface area contributed by atoms with Gasteiger partial charge in [0.15, 0.2) is 0 Å². The lowest BCUT2D eigenvalue weighted by molar-refractivity contribution is 0.332. The van der Waals surface area contributed by atoms with E-state index in [0.29, 0.717) is 11.5 Å². The van der Waals surface area contributed by atoms with Gasteiger partial charge in [-0.2, -0.15) is 0 Å². The number of hydrogen-bond acceptors (Lipinski definition) is 2. The van der Waals surface area contributed by atoms with Crippen molar-refractivity contribution in [3.63, 3.8) is 0 Å². The van der Waals surface area contributed by atoms with E-state index in [1.54, 1.807) is 0 Å². The molecule has 0 amide bonds. The van der Waals surface area contributed by atoms with Gasteiger partial charge in [0.25, 0.3) is 0 Å². The van der Waals surface area contributed by atoms with Crippen LogP contribution in [0.4, 0.5) is 0 Å². The van der Waals surface area contributed by atoms with E-state index in [1.165, 1.54) is 6.42 Å². The Labute approximate surface area is 99.3 Å². The first-order chi connectivity index (χ1) is 7.42. The van der Waals surface area contributed by atoms with Gasteiger partial charge in [-0.15, -0.1) is 0 Å². The number of nitrogens with one attached hydrogen (secondary N) is 1. The quantitative estimate of drug-likeness (QED) is 0.832. The van der Waals surface area contributed by atoms with Crippen molar-refractivity contribution in [2.45, 2.75) is 46.6 Å². The molecule has 0 saturated carbocycles. The maximum Gasteiger partial charge on any atom is 0.0947 e. The van der Waals surface area contributed by atoms with E-state index in [-0.39, 0.29) is 0 Å². The summed E-state index contributed by atoms with van der Waals surface area (Å²) in [5.74, 6) is 0. The van der Waals surface area contributed by atoms with Gasteiger partial charge >= 0.3 is 0 Å². The van der Waals surface area contributed by atoms with Crippen LogP contribution in [0.15, 0.2) is 12.5 Å². The minimum atomic E-state index is 0.391. The van der Waals surface area contributed by atoms with Crippen molar-refractivity contribution in [2.24, 2.45) is 12.5 Å². The van der Waals surface area contributed by atoms with Crippen LogP contribution >= 0.6 is 0 Å². The molecule has 0 radical (unpaired) electrons. The SMILES string of the molecule is CCNC(CCC(C)(C)C)c1cn(C)cn1. The van der Waals surface area contributed by atoms with Crippen LogP contribution in [0.2, 0.25) is 0 Å². The molecule has 0 aliphatic rings. The minimum absolute atomic E-state index is 0.391. The fourth-order valence-corrected chi connectivity index (χ4v) is 1.79. The number of aromatic nitrogens is 2. The van der Waals surface area contributed by atoms with Crippen molar-refractivity contribution >= 4 is 0 Å². The molecule has 3 heteroatoms. The molecular weight excluding hydrogens is 198 g/mol. The topological polar surface area (TPSA) is 29.9 Å². The summed E-state index contributed by atoms with van der Waals surface area (Å²) in [4.78, 5) is 4.44. The smallest absolute Gasteiger partial charge is 0.0947 e. The van der Waals surface area contributed by atoms with Crippen LogP contribution in [-0.2, 0) is 7.05 Å². The lowest BCUT2D eigenvalue weighted by atomic mass is 9.88. The van der Waals surface area contributed by atoms with Gasteiger partial charge in [0.2, 0.25) is 0 Å². The molecule has 0 saturated heterocycles. The van der Waals surface area contributed by atoms with Crippen LogP contribution in [0.1, 0.15) is 52.3 Å². The van der Waals surface area contributed by atoms with Crippen molar-refractivity contribution in [3.8, 4) is 0 Å². The van der Waals surface area contributed by atoms with Gasteiger partial charge in [0.1, 0.15) is 0 Å². The molecule has 1 aromatic heterocycles. The molecule has 0 aromatic carbocycles. The zero-order valence-electron chi connectivity index (χ0n) is 11.2. The van der Waals surface area contributed by atoms with Crippen molar-refractivity contribution in [1.29, 1.82) is 0 Å². The van der Waals surface area contributed by atoms with E-state index >= 15 is 0 Å². The predicted molar refractivity (Wildman–Crippen MR) is 68.3 cm³/mol. The number of aryl methyl sites for hydroxylation is 1. The first kappa shape index (κ1) is 13.2. The predicted octanol–water partition coefficient (Wildman–Crippen LogP) is 2.90. The molecule has 1 atom stereocenters. The fourth-order valence-electron chi connectivity index (χ4n) is 1.79. The van der Waals surface area contributed by atoms with Gasteiger partial charge in [-0.1, -0.05) is 27.7 Å². The van der Waals surface area contributed by atoms with E-state index in [9.17, 15) is 0 Å². The highest BCUT2D eigenvalue weighted by atomic mass is 15.0. The second kappa shape index (κ2) is 5.48. The van der Waals surface area contributed by atoms with Crippen LogP contribution < -0.4 is 5.32 Å². The third-order valence-electron chi connectivity index (χ3n) is 2.72. The van der Waals surface area contributed by atoms with E-state index in [0.717, 1.165) is 18.7 Å². The summed E-state index contributed by atoms with van der Waals surface area (Å²) in [6.07, 6.45) is 6.34. The Bertz CT molecular complexity index is 309. The first-order valence-corrected chi connectivity index (χ1v) is 6.13. The summed E-state index contributed by atoms with van der Waals surface area (Å²) < 4.78 is 2.01. The zero-order chi connectivity index (χ0) is 12.2. The molecule has 0 fully saturated rings. The second-order valence-electron chi connectivity index (χ2n) is 5.67. The van der Waals surface area contributed by atoms with Gasteiger partial charge in [0, 0.05) is 13.2 Å². The Kier molecular flexibility index (Phi) is 4.54. The summed E-state index contributed by atoms with van der Waals surface area (Å²) in [6.45, 7) is 10.00. The lowest BCUT2D eigenvalue weighted by Gasteiger charge is -2.22. The summed E-state index contributed by atoms with van der Waals surface area (Å²) in [5.41, 5.74) is 1.55. The van der Waals surface area contributed by atoms with E-state index < -0.39 is 0 Å². The van der Waals surface area contributed by atoms with Crippen LogP contribution in [0.3, 0.4) is 0 Å². The van der Waals surface area contributed by atoms with Gasteiger partial charge in [-0.25, -0.2) is 4.98 Å². The number of hydrogen-bond donors (Lipinski definition) is 1. The van der Waals surface area contributed by atoms with E-state index in [1.807, 2.05) is 17.9 Å².